The van der Waals surface area contributed by atoms with Crippen molar-refractivity contribution in [2.24, 2.45) is 5.10 Å². The van der Waals surface area contributed by atoms with Gasteiger partial charge in [-0.1, -0.05) is 29.8 Å². The molecule has 1 aromatic heterocycles. The number of hydrazone groups is 1. The van der Waals surface area contributed by atoms with Crippen LogP contribution < -0.4 is 5.32 Å². The fourth-order valence-corrected chi connectivity index (χ4v) is 2.53. The third-order valence-electron chi connectivity index (χ3n) is 3.65. The standard InChI is InChI=1S/C17H15N5O3S/c1-10-3-5-11(6-4-10)15-12(8-18-21-15)9-19-22-13(7-14(23)25-2)16(24)20-17(22)26/h3-9H,1-2H3,(H,18,21)(H,20,24,26)/b13-7-,19-9+. The van der Waals surface area contributed by atoms with Crippen LogP contribution in [0.25, 0.3) is 11.3 Å². The number of hydrogen-bond acceptors (Lipinski definition) is 6. The molecule has 0 atom stereocenters. The van der Waals surface area contributed by atoms with Crippen molar-refractivity contribution < 1.29 is 14.3 Å². The van der Waals surface area contributed by atoms with Gasteiger partial charge >= 0.3 is 5.97 Å². The number of methoxy groups -OCH3 is 1. The lowest BCUT2D eigenvalue weighted by Crippen LogP contribution is -2.23. The number of amides is 1. The average Bonchev–Trinajstić information content (AvgIpc) is 3.19. The Balaban J connectivity index is 1.90. The van der Waals surface area contributed by atoms with Gasteiger partial charge in [0.2, 0.25) is 5.11 Å². The summed E-state index contributed by atoms with van der Waals surface area (Å²) in [6, 6.07) is 7.92. The number of esters is 1. The molecule has 0 aliphatic carbocycles. The Hall–Kier alpha value is -3.33. The van der Waals surface area contributed by atoms with E-state index < -0.39 is 11.9 Å². The molecule has 8 nitrogen and oxygen atoms in total. The van der Waals surface area contributed by atoms with Crippen LogP contribution in [0.15, 0.2) is 47.3 Å². The van der Waals surface area contributed by atoms with Crippen LogP contribution in [0, 0.1) is 6.92 Å². The molecule has 0 radical (unpaired) electrons. The van der Waals surface area contributed by atoms with Crippen molar-refractivity contribution in [3.05, 3.63) is 53.4 Å². The van der Waals surface area contributed by atoms with Crippen molar-refractivity contribution in [3.8, 4) is 11.3 Å². The van der Waals surface area contributed by atoms with Gasteiger partial charge in [0.15, 0.2) is 0 Å². The number of nitrogens with one attached hydrogen (secondary N) is 2. The van der Waals surface area contributed by atoms with Gasteiger partial charge in [-0.05, 0) is 19.1 Å². The molecule has 1 aromatic carbocycles. The molecule has 0 unspecified atom stereocenters. The Labute approximate surface area is 154 Å². The fourth-order valence-electron chi connectivity index (χ4n) is 2.30. The second kappa shape index (κ2) is 7.28. The lowest BCUT2D eigenvalue weighted by molar-refractivity contribution is -0.135. The Kier molecular flexibility index (Phi) is 4.90. The van der Waals surface area contributed by atoms with E-state index in [0.717, 1.165) is 22.9 Å². The van der Waals surface area contributed by atoms with E-state index in [4.69, 9.17) is 12.2 Å². The van der Waals surface area contributed by atoms with Crippen molar-refractivity contribution in [1.29, 1.82) is 0 Å². The number of thiocarbonyl (C=S) groups is 1. The molecule has 2 heterocycles. The Morgan fingerprint density at radius 2 is 2.08 bits per heavy atom. The third-order valence-corrected chi connectivity index (χ3v) is 3.93. The van der Waals surface area contributed by atoms with E-state index in [1.165, 1.54) is 18.3 Å². The van der Waals surface area contributed by atoms with Crippen molar-refractivity contribution in [1.82, 2.24) is 20.5 Å². The van der Waals surface area contributed by atoms with Crippen LogP contribution in [0.1, 0.15) is 11.1 Å². The zero-order chi connectivity index (χ0) is 18.7. The van der Waals surface area contributed by atoms with Crippen LogP contribution in [-0.4, -0.2) is 45.5 Å². The minimum Gasteiger partial charge on any atom is -0.466 e. The fraction of sp³-hybridized carbons (Fsp3) is 0.118. The van der Waals surface area contributed by atoms with Crippen molar-refractivity contribution in [2.45, 2.75) is 6.92 Å². The molecule has 1 aliphatic rings. The molecule has 132 valence electrons. The minimum atomic E-state index is -0.677. The highest BCUT2D eigenvalue weighted by Crippen LogP contribution is 2.21. The second-order valence-corrected chi connectivity index (χ2v) is 5.82. The van der Waals surface area contributed by atoms with Gasteiger partial charge in [-0.25, -0.2) is 9.80 Å². The zero-order valence-electron chi connectivity index (χ0n) is 14.0. The van der Waals surface area contributed by atoms with E-state index in [-0.39, 0.29) is 10.8 Å². The number of aryl methyl sites for hydroxylation is 1. The number of carbonyl (C=O) groups is 2. The molecular formula is C17H15N5O3S. The van der Waals surface area contributed by atoms with E-state index in [1.54, 1.807) is 6.20 Å². The summed E-state index contributed by atoms with van der Waals surface area (Å²) in [4.78, 5) is 23.4. The minimum absolute atomic E-state index is 0.0153. The number of H-pyrrole nitrogens is 1. The molecule has 9 heteroatoms. The molecule has 0 bridgehead atoms. The van der Waals surface area contributed by atoms with Crippen molar-refractivity contribution >= 4 is 35.4 Å². The topological polar surface area (TPSA) is 99.7 Å². The SMILES string of the molecule is COC(=O)/C=C1/C(=O)NC(=S)N1/N=C/c1cn[nH]c1-c1ccc(C)cc1. The average molecular weight is 369 g/mol. The van der Waals surface area contributed by atoms with Crippen molar-refractivity contribution in [2.75, 3.05) is 7.11 Å². The summed E-state index contributed by atoms with van der Waals surface area (Å²) in [5.41, 5.74) is 3.55. The van der Waals surface area contributed by atoms with Gasteiger partial charge in [0.1, 0.15) is 5.70 Å². The summed E-state index contributed by atoms with van der Waals surface area (Å²) >= 11 is 5.08. The first-order valence-electron chi connectivity index (χ1n) is 7.59. The number of ether oxygens (including phenoxy) is 1. The number of aromatic amines is 1. The lowest BCUT2D eigenvalue weighted by atomic mass is 10.1. The normalized spacial score (nSPS) is 15.8. The van der Waals surface area contributed by atoms with Crippen LogP contribution in [0.3, 0.4) is 0 Å². The molecular weight excluding hydrogens is 354 g/mol. The quantitative estimate of drug-likeness (QED) is 0.367. The van der Waals surface area contributed by atoms with Gasteiger partial charge < -0.3 is 4.74 Å². The maximum absolute atomic E-state index is 11.9. The zero-order valence-corrected chi connectivity index (χ0v) is 14.8. The summed E-state index contributed by atoms with van der Waals surface area (Å²) in [6.07, 6.45) is 4.15. The maximum Gasteiger partial charge on any atom is 0.332 e. The predicted octanol–water partition coefficient (Wildman–Crippen LogP) is 1.49. The van der Waals surface area contributed by atoms with E-state index in [9.17, 15) is 9.59 Å². The van der Waals surface area contributed by atoms with E-state index in [2.05, 4.69) is 25.4 Å². The Bertz CT molecular complexity index is 930. The van der Waals surface area contributed by atoms with E-state index in [0.29, 0.717) is 5.56 Å². The lowest BCUT2D eigenvalue weighted by Gasteiger charge is -2.09. The predicted molar refractivity (Wildman–Crippen MR) is 99.0 cm³/mol. The van der Waals surface area contributed by atoms with Crippen LogP contribution in [-0.2, 0) is 14.3 Å². The maximum atomic E-state index is 11.9. The highest BCUT2D eigenvalue weighted by atomic mass is 32.1. The van der Waals surface area contributed by atoms with Crippen LogP contribution in [0.2, 0.25) is 0 Å². The summed E-state index contributed by atoms with van der Waals surface area (Å²) in [5.74, 6) is -1.20. The monoisotopic (exact) mass is 369 g/mol. The van der Waals surface area contributed by atoms with Crippen LogP contribution in [0.5, 0.6) is 0 Å². The largest absolute Gasteiger partial charge is 0.466 e. The molecule has 1 aliphatic heterocycles. The summed E-state index contributed by atoms with van der Waals surface area (Å²) in [7, 11) is 1.22. The number of carbonyl (C=O) groups excluding carboxylic acids is 2. The van der Waals surface area contributed by atoms with Gasteiger partial charge in [-0.15, -0.1) is 0 Å². The van der Waals surface area contributed by atoms with Gasteiger partial charge in [0, 0.05) is 11.1 Å². The molecule has 0 spiro atoms. The number of nitrogens with zero attached hydrogens (tertiary/aromatic N) is 3. The van der Waals surface area contributed by atoms with E-state index >= 15 is 0 Å². The Morgan fingerprint density at radius 3 is 2.77 bits per heavy atom. The first-order valence-corrected chi connectivity index (χ1v) is 8.00. The van der Waals surface area contributed by atoms with Gasteiger partial charge in [-0.3, -0.25) is 15.2 Å². The van der Waals surface area contributed by atoms with Crippen LogP contribution in [0.4, 0.5) is 0 Å². The molecule has 1 saturated heterocycles. The summed E-state index contributed by atoms with van der Waals surface area (Å²) in [5, 5.41) is 14.9. The first-order chi connectivity index (χ1) is 12.5. The second-order valence-electron chi connectivity index (χ2n) is 5.43. The number of rotatable bonds is 4. The Morgan fingerprint density at radius 1 is 1.35 bits per heavy atom. The molecule has 3 rings (SSSR count). The molecule has 0 saturated carbocycles. The summed E-state index contributed by atoms with van der Waals surface area (Å²) in [6.45, 7) is 2.01. The highest BCUT2D eigenvalue weighted by molar-refractivity contribution is 7.80. The highest BCUT2D eigenvalue weighted by Gasteiger charge is 2.31. The third kappa shape index (κ3) is 3.52. The molecule has 2 aromatic rings. The number of aromatic nitrogens is 2. The molecule has 1 amide bonds. The summed E-state index contributed by atoms with van der Waals surface area (Å²) < 4.78 is 4.55. The van der Waals surface area contributed by atoms with Gasteiger partial charge in [-0.2, -0.15) is 10.2 Å². The van der Waals surface area contributed by atoms with Gasteiger partial charge in [0.05, 0.1) is 31.3 Å². The molecule has 26 heavy (non-hydrogen) atoms. The van der Waals surface area contributed by atoms with Crippen molar-refractivity contribution in [3.63, 3.8) is 0 Å². The first kappa shape index (κ1) is 17.5. The van der Waals surface area contributed by atoms with Gasteiger partial charge in [0.25, 0.3) is 5.91 Å². The molecule has 1 fully saturated rings. The number of hydrogen-bond donors (Lipinski definition) is 2. The molecule has 2 N–H and O–H groups in total. The van der Waals surface area contributed by atoms with Crippen LogP contribution >= 0.6 is 12.2 Å². The van der Waals surface area contributed by atoms with E-state index in [1.807, 2.05) is 31.2 Å². The smallest absolute Gasteiger partial charge is 0.332 e. The number of benzene rings is 1.